The third-order valence-corrected chi connectivity index (χ3v) is 4.67. The molecule has 1 N–H and O–H groups in total. The number of ether oxygens (including phenoxy) is 1. The van der Waals surface area contributed by atoms with Crippen molar-refractivity contribution in [3.8, 4) is 5.75 Å². The molecule has 1 aliphatic heterocycles. The minimum atomic E-state index is -0.0411. The van der Waals surface area contributed by atoms with Crippen molar-refractivity contribution < 1.29 is 9.53 Å². The highest BCUT2D eigenvalue weighted by atomic mass is 35.5. The molecule has 3 rings (SSSR count). The van der Waals surface area contributed by atoms with Crippen LogP contribution in [-0.4, -0.2) is 23.1 Å². The number of aromatic nitrogens is 1. The molecule has 4 nitrogen and oxygen atoms in total. The molecule has 1 amide bonds. The normalized spacial score (nSPS) is 16.7. The van der Waals surface area contributed by atoms with Crippen molar-refractivity contribution in [3.05, 3.63) is 28.9 Å². The molecular formula is C18H23ClN2O2. The highest BCUT2D eigenvalue weighted by Crippen LogP contribution is 2.38. The van der Waals surface area contributed by atoms with E-state index in [2.05, 4.69) is 30.7 Å². The van der Waals surface area contributed by atoms with E-state index in [0.717, 1.165) is 29.5 Å². The third kappa shape index (κ3) is 3.05. The number of nitrogens with one attached hydrogen (secondary N) is 1. The van der Waals surface area contributed by atoms with Gasteiger partial charge in [-0.25, -0.2) is 0 Å². The first kappa shape index (κ1) is 16.2. The first-order chi connectivity index (χ1) is 11.0. The number of hydrogen-bond acceptors (Lipinski definition) is 2. The Bertz CT molecular complexity index is 736. The lowest BCUT2D eigenvalue weighted by molar-refractivity contribution is 0.0936. The molecular weight excluding hydrogens is 312 g/mol. The van der Waals surface area contributed by atoms with E-state index in [1.165, 1.54) is 0 Å². The molecule has 0 saturated heterocycles. The van der Waals surface area contributed by atoms with Gasteiger partial charge in [-0.05, 0) is 37.0 Å². The first-order valence-electron chi connectivity index (χ1n) is 8.27. The van der Waals surface area contributed by atoms with Crippen LogP contribution in [0, 0.1) is 5.92 Å². The summed E-state index contributed by atoms with van der Waals surface area (Å²) < 4.78 is 8.06. The maximum absolute atomic E-state index is 12.6. The van der Waals surface area contributed by atoms with Gasteiger partial charge in [0, 0.05) is 11.9 Å². The Balaban J connectivity index is 1.97. The maximum atomic E-state index is 12.6. The molecule has 0 aliphatic carbocycles. The SMILES string of the molecule is CCC1Cn2c(C(=O)NCCC(C)C)cc3c(Cl)ccc(c32)O1. The quantitative estimate of drug-likeness (QED) is 0.888. The zero-order chi connectivity index (χ0) is 16.6. The molecule has 0 bridgehead atoms. The summed E-state index contributed by atoms with van der Waals surface area (Å²) in [6, 6.07) is 5.61. The number of carbonyl (C=O) groups is 1. The van der Waals surface area contributed by atoms with Gasteiger partial charge in [-0.3, -0.25) is 4.79 Å². The van der Waals surface area contributed by atoms with Crippen LogP contribution in [0.5, 0.6) is 5.75 Å². The lowest BCUT2D eigenvalue weighted by Crippen LogP contribution is -2.32. The van der Waals surface area contributed by atoms with Crippen LogP contribution in [0.1, 0.15) is 44.1 Å². The molecule has 0 fully saturated rings. The Morgan fingerprint density at radius 3 is 2.96 bits per heavy atom. The van der Waals surface area contributed by atoms with E-state index in [0.29, 0.717) is 29.7 Å². The van der Waals surface area contributed by atoms with E-state index < -0.39 is 0 Å². The van der Waals surface area contributed by atoms with E-state index >= 15 is 0 Å². The average Bonchev–Trinajstić information content (AvgIpc) is 2.91. The van der Waals surface area contributed by atoms with Crippen LogP contribution in [0.2, 0.25) is 5.02 Å². The zero-order valence-electron chi connectivity index (χ0n) is 13.9. The summed E-state index contributed by atoms with van der Waals surface area (Å²) in [7, 11) is 0. The van der Waals surface area contributed by atoms with Crippen molar-refractivity contribution in [2.75, 3.05) is 6.54 Å². The van der Waals surface area contributed by atoms with Gasteiger partial charge in [0.25, 0.3) is 5.91 Å². The van der Waals surface area contributed by atoms with Crippen LogP contribution in [0.25, 0.3) is 10.9 Å². The van der Waals surface area contributed by atoms with Crippen LogP contribution < -0.4 is 10.1 Å². The van der Waals surface area contributed by atoms with Crippen LogP contribution >= 0.6 is 11.6 Å². The van der Waals surface area contributed by atoms with Gasteiger partial charge in [0.2, 0.25) is 0 Å². The van der Waals surface area contributed by atoms with Gasteiger partial charge < -0.3 is 14.6 Å². The van der Waals surface area contributed by atoms with E-state index in [4.69, 9.17) is 16.3 Å². The molecule has 23 heavy (non-hydrogen) atoms. The van der Waals surface area contributed by atoms with Crippen molar-refractivity contribution in [2.24, 2.45) is 5.92 Å². The number of amides is 1. The summed E-state index contributed by atoms with van der Waals surface area (Å²) >= 11 is 6.32. The van der Waals surface area contributed by atoms with E-state index in [-0.39, 0.29) is 12.0 Å². The summed E-state index contributed by atoms with van der Waals surface area (Å²) in [5, 5.41) is 4.55. The van der Waals surface area contributed by atoms with Crippen LogP contribution in [-0.2, 0) is 6.54 Å². The van der Waals surface area contributed by atoms with Crippen LogP contribution in [0.15, 0.2) is 18.2 Å². The first-order valence-corrected chi connectivity index (χ1v) is 8.65. The standard InChI is InChI=1S/C18H23ClN2O2/c1-4-12-10-21-15(18(22)20-8-7-11(2)3)9-13-14(19)5-6-16(23-12)17(13)21/h5-6,9,11-12H,4,7-8,10H2,1-3H3,(H,20,22). The summed E-state index contributed by atoms with van der Waals surface area (Å²) in [6.07, 6.45) is 1.95. The predicted octanol–water partition coefficient (Wildman–Crippen LogP) is 4.24. The van der Waals surface area contributed by atoms with E-state index in [9.17, 15) is 4.79 Å². The number of nitrogens with zero attached hydrogens (tertiary/aromatic N) is 1. The van der Waals surface area contributed by atoms with Crippen LogP contribution in [0.3, 0.4) is 0 Å². The molecule has 5 heteroatoms. The second kappa shape index (κ2) is 6.44. The van der Waals surface area contributed by atoms with E-state index in [1.54, 1.807) is 0 Å². The summed E-state index contributed by atoms with van der Waals surface area (Å²) in [6.45, 7) is 7.76. The van der Waals surface area contributed by atoms with Gasteiger partial charge in [0.1, 0.15) is 17.5 Å². The molecule has 1 aliphatic rings. The number of benzene rings is 1. The smallest absolute Gasteiger partial charge is 0.267 e. The van der Waals surface area contributed by atoms with Crippen molar-refractivity contribution in [1.29, 1.82) is 0 Å². The Morgan fingerprint density at radius 1 is 1.48 bits per heavy atom. The van der Waals surface area contributed by atoms with Crippen molar-refractivity contribution in [2.45, 2.75) is 46.3 Å². The lowest BCUT2D eigenvalue weighted by atomic mass is 10.1. The largest absolute Gasteiger partial charge is 0.486 e. The Morgan fingerprint density at radius 2 is 2.26 bits per heavy atom. The van der Waals surface area contributed by atoms with Gasteiger partial charge in [0.05, 0.1) is 17.1 Å². The fourth-order valence-electron chi connectivity index (χ4n) is 2.98. The van der Waals surface area contributed by atoms with Gasteiger partial charge in [0.15, 0.2) is 0 Å². The molecule has 2 heterocycles. The second-order valence-corrected chi connectivity index (χ2v) is 6.94. The molecule has 1 aromatic heterocycles. The maximum Gasteiger partial charge on any atom is 0.267 e. The van der Waals surface area contributed by atoms with Crippen molar-refractivity contribution in [1.82, 2.24) is 9.88 Å². The fourth-order valence-corrected chi connectivity index (χ4v) is 3.19. The van der Waals surface area contributed by atoms with Gasteiger partial charge in [-0.1, -0.05) is 32.4 Å². The molecule has 124 valence electrons. The highest BCUT2D eigenvalue weighted by molar-refractivity contribution is 6.36. The monoisotopic (exact) mass is 334 g/mol. The third-order valence-electron chi connectivity index (χ3n) is 4.34. The molecule has 1 unspecified atom stereocenters. The average molecular weight is 335 g/mol. The van der Waals surface area contributed by atoms with Crippen molar-refractivity contribution in [3.63, 3.8) is 0 Å². The lowest BCUT2D eigenvalue weighted by Gasteiger charge is -2.26. The van der Waals surface area contributed by atoms with E-state index in [1.807, 2.05) is 18.2 Å². The van der Waals surface area contributed by atoms with Gasteiger partial charge in [-0.15, -0.1) is 0 Å². The zero-order valence-corrected chi connectivity index (χ0v) is 14.6. The Hall–Kier alpha value is -1.68. The molecule has 0 spiro atoms. The van der Waals surface area contributed by atoms with Gasteiger partial charge in [-0.2, -0.15) is 0 Å². The van der Waals surface area contributed by atoms with Crippen molar-refractivity contribution >= 4 is 28.4 Å². The summed E-state index contributed by atoms with van der Waals surface area (Å²) in [5.74, 6) is 1.34. The summed E-state index contributed by atoms with van der Waals surface area (Å²) in [4.78, 5) is 12.6. The topological polar surface area (TPSA) is 43.3 Å². The molecule has 1 atom stereocenters. The van der Waals surface area contributed by atoms with Gasteiger partial charge >= 0.3 is 0 Å². The molecule has 0 radical (unpaired) electrons. The highest BCUT2D eigenvalue weighted by Gasteiger charge is 2.26. The Labute approximate surface area is 141 Å². The number of rotatable bonds is 5. The molecule has 1 aromatic carbocycles. The minimum absolute atomic E-state index is 0.0411. The number of carbonyl (C=O) groups excluding carboxylic acids is 1. The summed E-state index contributed by atoms with van der Waals surface area (Å²) in [5.41, 5.74) is 1.59. The Kier molecular flexibility index (Phi) is 4.53. The number of halogens is 1. The van der Waals surface area contributed by atoms with Crippen LogP contribution in [0.4, 0.5) is 0 Å². The number of hydrogen-bond donors (Lipinski definition) is 1. The fraction of sp³-hybridized carbons (Fsp3) is 0.500. The molecule has 2 aromatic rings. The molecule has 0 saturated carbocycles. The second-order valence-electron chi connectivity index (χ2n) is 6.53. The minimum Gasteiger partial charge on any atom is -0.486 e. The predicted molar refractivity (Wildman–Crippen MR) is 93.4 cm³/mol.